The highest BCUT2D eigenvalue weighted by Gasteiger charge is 2.05. The van der Waals surface area contributed by atoms with Gasteiger partial charge in [-0.2, -0.15) is 25.3 Å². The lowest BCUT2D eigenvalue weighted by Gasteiger charge is -2.19. The first-order valence-electron chi connectivity index (χ1n) is 4.85. The fraction of sp³-hybridized carbons (Fsp3) is 0.889. The molecule has 0 atom stereocenters. The molecule has 0 spiro atoms. The highest BCUT2D eigenvalue weighted by Crippen LogP contribution is 1.89. The summed E-state index contributed by atoms with van der Waals surface area (Å²) in [7, 11) is 0. The van der Waals surface area contributed by atoms with E-state index in [-0.39, 0.29) is 5.78 Å². The lowest BCUT2D eigenvalue weighted by Crippen LogP contribution is -2.36. The maximum atomic E-state index is 10.9. The zero-order valence-electron chi connectivity index (χ0n) is 8.70. The van der Waals surface area contributed by atoms with Crippen LogP contribution in [0, 0.1) is 0 Å². The van der Waals surface area contributed by atoms with Gasteiger partial charge in [-0.05, 0) is 6.92 Å². The van der Waals surface area contributed by atoms with Crippen molar-refractivity contribution in [3.8, 4) is 0 Å². The smallest absolute Gasteiger partial charge is 0.143 e. The molecule has 0 aromatic rings. The first-order valence-corrected chi connectivity index (χ1v) is 6.11. The standard InChI is InChI=1S/C9H20N2OS2/c1-9(12)8-11(5-7-14)4-2-10-3-6-13/h10,13-14H,2-8H2,1H3. The minimum Gasteiger partial charge on any atom is -0.315 e. The van der Waals surface area contributed by atoms with Crippen LogP contribution in [0.1, 0.15) is 6.92 Å². The lowest BCUT2D eigenvalue weighted by atomic mass is 10.3. The molecule has 0 radical (unpaired) electrons. The van der Waals surface area contributed by atoms with Gasteiger partial charge in [-0.1, -0.05) is 0 Å². The monoisotopic (exact) mass is 236 g/mol. The van der Waals surface area contributed by atoms with Gasteiger partial charge in [-0.3, -0.25) is 9.69 Å². The Bertz CT molecular complexity index is 156. The van der Waals surface area contributed by atoms with Crippen molar-refractivity contribution < 1.29 is 4.79 Å². The minimum atomic E-state index is 0.209. The average molecular weight is 236 g/mol. The molecule has 84 valence electrons. The summed E-state index contributed by atoms with van der Waals surface area (Å²) in [6.45, 7) is 5.73. The Hall–Kier alpha value is 0.290. The van der Waals surface area contributed by atoms with Crippen LogP contribution in [-0.2, 0) is 4.79 Å². The second-order valence-electron chi connectivity index (χ2n) is 3.18. The summed E-state index contributed by atoms with van der Waals surface area (Å²) in [5, 5.41) is 3.24. The molecule has 0 aliphatic heterocycles. The molecule has 0 amide bonds. The van der Waals surface area contributed by atoms with Crippen molar-refractivity contribution in [2.75, 3.05) is 44.2 Å². The molecule has 3 nitrogen and oxygen atoms in total. The number of hydrogen-bond donors (Lipinski definition) is 3. The van der Waals surface area contributed by atoms with Crippen molar-refractivity contribution in [3.05, 3.63) is 0 Å². The number of thiol groups is 2. The fourth-order valence-corrected chi connectivity index (χ4v) is 1.61. The molecule has 0 aliphatic rings. The van der Waals surface area contributed by atoms with E-state index in [2.05, 4.69) is 35.5 Å². The van der Waals surface area contributed by atoms with E-state index in [1.807, 2.05) is 0 Å². The summed E-state index contributed by atoms with van der Waals surface area (Å²) in [4.78, 5) is 13.0. The minimum absolute atomic E-state index is 0.209. The molecule has 0 unspecified atom stereocenters. The van der Waals surface area contributed by atoms with Crippen LogP contribution in [0.25, 0.3) is 0 Å². The van der Waals surface area contributed by atoms with E-state index in [0.717, 1.165) is 37.7 Å². The average Bonchev–Trinajstić information content (AvgIpc) is 2.12. The highest BCUT2D eigenvalue weighted by atomic mass is 32.1. The summed E-state index contributed by atoms with van der Waals surface area (Å²) < 4.78 is 0. The molecule has 0 fully saturated rings. The largest absolute Gasteiger partial charge is 0.315 e. The second-order valence-corrected chi connectivity index (χ2v) is 4.07. The number of ketones is 1. The summed E-state index contributed by atoms with van der Waals surface area (Å²) in [5.41, 5.74) is 0. The quantitative estimate of drug-likeness (QED) is 0.398. The van der Waals surface area contributed by atoms with E-state index < -0.39 is 0 Å². The third kappa shape index (κ3) is 8.87. The van der Waals surface area contributed by atoms with E-state index in [1.54, 1.807) is 6.92 Å². The van der Waals surface area contributed by atoms with Gasteiger partial charge in [0.1, 0.15) is 5.78 Å². The van der Waals surface area contributed by atoms with Gasteiger partial charge >= 0.3 is 0 Å². The molecule has 1 N–H and O–H groups in total. The van der Waals surface area contributed by atoms with Gasteiger partial charge in [0.2, 0.25) is 0 Å². The van der Waals surface area contributed by atoms with Gasteiger partial charge in [0.25, 0.3) is 0 Å². The number of nitrogens with one attached hydrogen (secondary N) is 1. The molecule has 0 aromatic carbocycles. The van der Waals surface area contributed by atoms with Gasteiger partial charge in [-0.25, -0.2) is 0 Å². The van der Waals surface area contributed by atoms with E-state index in [4.69, 9.17) is 0 Å². The Balaban J connectivity index is 3.56. The molecular weight excluding hydrogens is 216 g/mol. The number of Topliss-reactive ketones (excluding diaryl/α,β-unsaturated/α-hetero) is 1. The van der Waals surface area contributed by atoms with Gasteiger partial charge < -0.3 is 5.32 Å². The molecule has 0 rings (SSSR count). The van der Waals surface area contributed by atoms with Crippen LogP contribution in [0.3, 0.4) is 0 Å². The molecule has 14 heavy (non-hydrogen) atoms. The molecule has 0 bridgehead atoms. The number of carbonyl (C=O) groups excluding carboxylic acids is 1. The van der Waals surface area contributed by atoms with E-state index in [9.17, 15) is 4.79 Å². The van der Waals surface area contributed by atoms with Crippen LogP contribution in [0.15, 0.2) is 0 Å². The third-order valence-corrected chi connectivity index (χ3v) is 2.18. The van der Waals surface area contributed by atoms with Crippen molar-refractivity contribution in [2.24, 2.45) is 0 Å². The molecular formula is C9H20N2OS2. The van der Waals surface area contributed by atoms with Crippen molar-refractivity contribution in [1.82, 2.24) is 10.2 Å². The SMILES string of the molecule is CC(=O)CN(CCS)CCNCCS. The van der Waals surface area contributed by atoms with Crippen molar-refractivity contribution in [2.45, 2.75) is 6.92 Å². The predicted molar refractivity (Wildman–Crippen MR) is 67.7 cm³/mol. The normalized spacial score (nSPS) is 10.9. The number of rotatable bonds is 9. The fourth-order valence-electron chi connectivity index (χ4n) is 1.17. The van der Waals surface area contributed by atoms with Gasteiger partial charge in [-0.15, -0.1) is 0 Å². The summed E-state index contributed by atoms with van der Waals surface area (Å²) >= 11 is 8.26. The molecule has 0 heterocycles. The maximum absolute atomic E-state index is 10.9. The van der Waals surface area contributed by atoms with Gasteiger partial charge in [0.15, 0.2) is 0 Å². The zero-order chi connectivity index (χ0) is 10.8. The van der Waals surface area contributed by atoms with Crippen molar-refractivity contribution in [3.63, 3.8) is 0 Å². The topological polar surface area (TPSA) is 32.3 Å². The van der Waals surface area contributed by atoms with Crippen LogP contribution >= 0.6 is 25.3 Å². The number of carbonyl (C=O) groups is 1. The summed E-state index contributed by atoms with van der Waals surface area (Å²) in [6, 6.07) is 0. The Kier molecular flexibility index (Phi) is 10.0. The van der Waals surface area contributed by atoms with Gasteiger partial charge in [0, 0.05) is 37.7 Å². The van der Waals surface area contributed by atoms with Gasteiger partial charge in [0.05, 0.1) is 6.54 Å². The molecule has 5 heteroatoms. The Morgan fingerprint density at radius 1 is 1.21 bits per heavy atom. The summed E-state index contributed by atoms with van der Waals surface area (Å²) in [5.74, 6) is 1.85. The predicted octanol–water partition coefficient (Wildman–Crippen LogP) is 0.327. The first-order chi connectivity index (χ1) is 6.70. The van der Waals surface area contributed by atoms with Crippen LogP contribution < -0.4 is 5.32 Å². The van der Waals surface area contributed by atoms with Crippen LogP contribution in [0.5, 0.6) is 0 Å². The van der Waals surface area contributed by atoms with E-state index in [0.29, 0.717) is 6.54 Å². The van der Waals surface area contributed by atoms with Crippen LogP contribution in [0.4, 0.5) is 0 Å². The first kappa shape index (κ1) is 14.3. The van der Waals surface area contributed by atoms with Crippen molar-refractivity contribution in [1.29, 1.82) is 0 Å². The lowest BCUT2D eigenvalue weighted by molar-refractivity contribution is -0.118. The van der Waals surface area contributed by atoms with E-state index >= 15 is 0 Å². The van der Waals surface area contributed by atoms with E-state index in [1.165, 1.54) is 0 Å². The Morgan fingerprint density at radius 3 is 2.43 bits per heavy atom. The third-order valence-electron chi connectivity index (χ3n) is 1.76. The van der Waals surface area contributed by atoms with Crippen molar-refractivity contribution >= 4 is 31.0 Å². The molecule has 0 saturated carbocycles. The Labute approximate surface area is 97.4 Å². The molecule has 0 saturated heterocycles. The second kappa shape index (κ2) is 9.83. The number of nitrogens with zero attached hydrogens (tertiary/aromatic N) is 1. The Morgan fingerprint density at radius 2 is 1.93 bits per heavy atom. The molecule has 0 aliphatic carbocycles. The van der Waals surface area contributed by atoms with Crippen LogP contribution in [-0.4, -0.2) is 54.9 Å². The maximum Gasteiger partial charge on any atom is 0.143 e. The van der Waals surface area contributed by atoms with Crippen LogP contribution in [0.2, 0.25) is 0 Å². The molecule has 0 aromatic heterocycles. The summed E-state index contributed by atoms with van der Waals surface area (Å²) in [6.07, 6.45) is 0. The highest BCUT2D eigenvalue weighted by molar-refractivity contribution is 7.80. The zero-order valence-corrected chi connectivity index (χ0v) is 10.5. The number of hydrogen-bond acceptors (Lipinski definition) is 5.